The van der Waals surface area contributed by atoms with Gasteiger partial charge in [-0.15, -0.1) is 0 Å². The molecule has 5 atom stereocenters. The molecule has 0 aromatic rings. The van der Waals surface area contributed by atoms with Crippen molar-refractivity contribution in [3.05, 3.63) is 0 Å². The summed E-state index contributed by atoms with van der Waals surface area (Å²) in [5.41, 5.74) is 10.4. The number of primary amides is 1. The topological polar surface area (TPSA) is 251 Å². The van der Waals surface area contributed by atoms with Crippen molar-refractivity contribution in [2.24, 2.45) is 11.5 Å². The van der Waals surface area contributed by atoms with E-state index in [1.54, 1.807) is 0 Å². The molecule has 0 rings (SSSR count). The van der Waals surface area contributed by atoms with Gasteiger partial charge in [0.25, 0.3) is 0 Å². The van der Waals surface area contributed by atoms with E-state index in [0.29, 0.717) is 0 Å². The van der Waals surface area contributed by atoms with Crippen LogP contribution in [0.2, 0.25) is 0 Å². The van der Waals surface area contributed by atoms with Gasteiger partial charge in [0.15, 0.2) is 6.04 Å². The van der Waals surface area contributed by atoms with Crippen molar-refractivity contribution in [1.29, 1.82) is 0 Å². The summed E-state index contributed by atoms with van der Waals surface area (Å²) in [7, 11) is 0. The van der Waals surface area contributed by atoms with E-state index in [0.717, 1.165) is 6.92 Å². The zero-order valence-electron chi connectivity index (χ0n) is 16.5. The molecule has 5 unspecified atom stereocenters. The zero-order valence-corrected chi connectivity index (χ0v) is 16.5. The highest BCUT2D eigenvalue weighted by Gasteiger charge is 2.31. The van der Waals surface area contributed by atoms with Crippen molar-refractivity contribution in [1.82, 2.24) is 16.0 Å². The number of carbonyl (C=O) groups is 6. The summed E-state index contributed by atoms with van der Waals surface area (Å²) in [6.07, 6.45) is -2.84. The van der Waals surface area contributed by atoms with Crippen molar-refractivity contribution in [3.63, 3.8) is 0 Å². The van der Waals surface area contributed by atoms with Gasteiger partial charge in [-0.1, -0.05) is 0 Å². The van der Waals surface area contributed by atoms with E-state index >= 15 is 0 Å². The van der Waals surface area contributed by atoms with Crippen molar-refractivity contribution in [2.45, 2.75) is 63.4 Å². The molecule has 0 aliphatic rings. The van der Waals surface area contributed by atoms with E-state index in [-0.39, 0.29) is 6.42 Å². The van der Waals surface area contributed by atoms with Crippen molar-refractivity contribution in [2.75, 3.05) is 0 Å². The molecule has 14 nitrogen and oxygen atoms in total. The molecule has 0 bridgehead atoms. The van der Waals surface area contributed by atoms with Crippen LogP contribution in [-0.2, 0) is 28.8 Å². The van der Waals surface area contributed by atoms with Gasteiger partial charge in [-0.25, -0.2) is 4.79 Å². The van der Waals surface area contributed by atoms with Crippen molar-refractivity contribution >= 4 is 35.6 Å². The fourth-order valence-electron chi connectivity index (χ4n) is 2.17. The summed E-state index contributed by atoms with van der Waals surface area (Å²) in [6.45, 7) is 2.36. The quantitative estimate of drug-likeness (QED) is 0.140. The van der Waals surface area contributed by atoms with Crippen molar-refractivity contribution in [3.8, 4) is 0 Å². The second-order valence-corrected chi connectivity index (χ2v) is 6.57. The smallest absolute Gasteiger partial charge is 0.328 e. The maximum absolute atomic E-state index is 12.3. The summed E-state index contributed by atoms with van der Waals surface area (Å²) in [6, 6.07) is -5.69. The van der Waals surface area contributed by atoms with E-state index in [4.69, 9.17) is 21.7 Å². The highest BCUT2D eigenvalue weighted by Crippen LogP contribution is 2.02. The van der Waals surface area contributed by atoms with E-state index in [9.17, 15) is 33.9 Å². The van der Waals surface area contributed by atoms with Crippen LogP contribution >= 0.6 is 0 Å². The molecule has 10 N–H and O–H groups in total. The third kappa shape index (κ3) is 9.79. The van der Waals surface area contributed by atoms with E-state index in [1.807, 2.05) is 5.32 Å². The van der Waals surface area contributed by atoms with Gasteiger partial charge in [-0.3, -0.25) is 24.0 Å². The minimum atomic E-state index is -1.69. The monoisotopic (exact) mass is 433 g/mol. The van der Waals surface area contributed by atoms with E-state index in [1.165, 1.54) is 6.92 Å². The van der Waals surface area contributed by atoms with Crippen molar-refractivity contribution < 1.29 is 44.1 Å². The van der Waals surface area contributed by atoms with Gasteiger partial charge in [0.1, 0.15) is 12.1 Å². The molecule has 14 heteroatoms. The molecule has 0 fully saturated rings. The minimum Gasteiger partial charge on any atom is -0.481 e. The third-order valence-corrected chi connectivity index (χ3v) is 3.84. The molecule has 0 aromatic heterocycles. The Morgan fingerprint density at radius 2 is 1.47 bits per heavy atom. The number of aliphatic hydroxyl groups excluding tert-OH is 1. The number of carbonyl (C=O) groups excluding carboxylic acids is 4. The number of nitrogens with two attached hydrogens (primary N) is 2. The number of aliphatic carboxylic acids is 2. The number of hydrogen-bond donors (Lipinski definition) is 8. The summed E-state index contributed by atoms with van der Waals surface area (Å²) < 4.78 is 0. The second kappa shape index (κ2) is 12.3. The van der Waals surface area contributed by atoms with Gasteiger partial charge < -0.3 is 42.7 Å². The molecule has 170 valence electrons. The number of hydrogen-bond acceptors (Lipinski definition) is 8. The molecule has 0 saturated heterocycles. The number of nitrogens with one attached hydrogen (secondary N) is 3. The molecule has 0 heterocycles. The fraction of sp³-hybridized carbons (Fsp3) is 0.625. The Bertz CT molecular complexity index is 682. The largest absolute Gasteiger partial charge is 0.481 e. The maximum Gasteiger partial charge on any atom is 0.328 e. The molecule has 30 heavy (non-hydrogen) atoms. The maximum atomic E-state index is 12.3. The van der Waals surface area contributed by atoms with Crippen LogP contribution in [0.15, 0.2) is 0 Å². The average Bonchev–Trinajstić information content (AvgIpc) is 2.60. The van der Waals surface area contributed by atoms with Gasteiger partial charge in [-0.2, -0.15) is 0 Å². The van der Waals surface area contributed by atoms with E-state index in [2.05, 4.69) is 10.6 Å². The Morgan fingerprint density at radius 3 is 1.90 bits per heavy atom. The Labute approximate surface area is 171 Å². The standard InChI is InChI=1S/C16H27N5O9/c1-6(19-14(27)8(17)5-10(18)23)13(26)20-9(3-4-11(24)25)15(28)21-12(7(2)22)16(29)30/h6-9,12,22H,3-5,17H2,1-2H3,(H2,18,23)(H,19,27)(H,20,26)(H,21,28)(H,24,25)(H,29,30). The summed E-state index contributed by atoms with van der Waals surface area (Å²) in [5.74, 6) is -6.43. The number of amides is 4. The van der Waals surface area contributed by atoms with Crippen LogP contribution in [0.3, 0.4) is 0 Å². The van der Waals surface area contributed by atoms with Crippen LogP contribution in [0, 0.1) is 0 Å². The van der Waals surface area contributed by atoms with Crippen LogP contribution in [0.4, 0.5) is 0 Å². The Morgan fingerprint density at radius 1 is 0.900 bits per heavy atom. The number of carboxylic acid groups (broad SMARTS) is 2. The van der Waals surface area contributed by atoms with Crippen LogP contribution < -0.4 is 27.4 Å². The molecule has 0 aliphatic heterocycles. The molecule has 0 radical (unpaired) electrons. The van der Waals surface area contributed by atoms with Crippen LogP contribution in [-0.4, -0.2) is 81.2 Å². The average molecular weight is 433 g/mol. The van der Waals surface area contributed by atoms with E-state index < -0.39 is 78.7 Å². The lowest BCUT2D eigenvalue weighted by molar-refractivity contribution is -0.145. The first-order valence-electron chi connectivity index (χ1n) is 8.83. The zero-order chi connectivity index (χ0) is 23.6. The van der Waals surface area contributed by atoms with Crippen LogP contribution in [0.5, 0.6) is 0 Å². The first-order valence-corrected chi connectivity index (χ1v) is 8.83. The van der Waals surface area contributed by atoms with Gasteiger partial charge in [0.2, 0.25) is 23.6 Å². The predicted octanol–water partition coefficient (Wildman–Crippen LogP) is -4.01. The molecular weight excluding hydrogens is 406 g/mol. The third-order valence-electron chi connectivity index (χ3n) is 3.84. The summed E-state index contributed by atoms with van der Waals surface area (Å²) >= 11 is 0. The molecule has 0 saturated carbocycles. The molecule has 0 spiro atoms. The Kier molecular flexibility index (Phi) is 11.0. The lowest BCUT2D eigenvalue weighted by atomic mass is 10.1. The first kappa shape index (κ1) is 26.7. The van der Waals surface area contributed by atoms with Crippen LogP contribution in [0.25, 0.3) is 0 Å². The minimum absolute atomic E-state index is 0.388. The first-order chi connectivity index (χ1) is 13.8. The fourth-order valence-corrected chi connectivity index (χ4v) is 2.17. The summed E-state index contributed by atoms with van der Waals surface area (Å²) in [4.78, 5) is 69.2. The van der Waals surface area contributed by atoms with Crippen LogP contribution in [0.1, 0.15) is 33.1 Å². The van der Waals surface area contributed by atoms with Gasteiger partial charge >= 0.3 is 11.9 Å². The van der Waals surface area contributed by atoms with Gasteiger partial charge in [0.05, 0.1) is 18.6 Å². The number of rotatable bonds is 13. The van der Waals surface area contributed by atoms with Gasteiger partial charge in [0, 0.05) is 6.42 Å². The lowest BCUT2D eigenvalue weighted by Crippen LogP contribution is -2.57. The highest BCUT2D eigenvalue weighted by molar-refractivity contribution is 5.95. The summed E-state index contributed by atoms with van der Waals surface area (Å²) in [5, 5.41) is 33.7. The normalized spacial score (nSPS) is 15.6. The second-order valence-electron chi connectivity index (χ2n) is 6.57. The molecule has 0 aromatic carbocycles. The molecule has 0 aliphatic carbocycles. The molecule has 4 amide bonds. The predicted molar refractivity (Wildman–Crippen MR) is 99.4 cm³/mol. The Hall–Kier alpha value is -3.26. The molecular formula is C16H27N5O9. The lowest BCUT2D eigenvalue weighted by Gasteiger charge is -2.24. The van der Waals surface area contributed by atoms with Gasteiger partial charge in [-0.05, 0) is 20.3 Å². The SMILES string of the molecule is CC(NC(=O)C(N)CC(N)=O)C(=O)NC(CCC(=O)O)C(=O)NC(C(=O)O)C(C)O. The Balaban J connectivity index is 5.17. The number of carboxylic acids is 2. The highest BCUT2D eigenvalue weighted by atomic mass is 16.4. The number of aliphatic hydroxyl groups is 1.